The highest BCUT2D eigenvalue weighted by Gasteiger charge is 2.05. The van der Waals surface area contributed by atoms with Crippen molar-refractivity contribution in [1.29, 1.82) is 0 Å². The van der Waals surface area contributed by atoms with Crippen LogP contribution in [0.2, 0.25) is 0 Å². The molecule has 84 valence electrons. The zero-order chi connectivity index (χ0) is 11.1. The Hall–Kier alpha value is -0.770. The van der Waals surface area contributed by atoms with Crippen molar-refractivity contribution in [1.82, 2.24) is 5.32 Å². The maximum atomic E-state index is 11.4. The fourth-order valence-corrected chi connectivity index (χ4v) is 1.35. The zero-order valence-electron chi connectivity index (χ0n) is 8.83. The molecule has 1 unspecified atom stereocenters. The number of nitrogens with one attached hydrogen (secondary N) is 1. The minimum absolute atomic E-state index is 0.0826. The predicted molar refractivity (Wildman–Crippen MR) is 63.0 cm³/mol. The summed E-state index contributed by atoms with van der Waals surface area (Å²) < 4.78 is 5.14. The molecule has 15 heavy (non-hydrogen) atoms. The topological polar surface area (TPSA) is 42.2 Å². The Morgan fingerprint density at radius 2 is 2.47 bits per heavy atom. The molecule has 1 aromatic heterocycles. The van der Waals surface area contributed by atoms with E-state index >= 15 is 0 Å². The molecule has 0 spiro atoms. The van der Waals surface area contributed by atoms with Crippen LogP contribution < -0.4 is 5.32 Å². The van der Waals surface area contributed by atoms with E-state index in [1.807, 2.05) is 12.1 Å². The monoisotopic (exact) mass is 273 g/mol. The normalized spacial score (nSPS) is 12.4. The number of rotatable bonds is 6. The van der Waals surface area contributed by atoms with E-state index in [1.165, 1.54) is 0 Å². The molecule has 1 atom stereocenters. The molecule has 0 aliphatic rings. The molecule has 1 N–H and O–H groups in total. The van der Waals surface area contributed by atoms with E-state index in [1.54, 1.807) is 6.26 Å². The lowest BCUT2D eigenvalue weighted by Gasteiger charge is -2.08. The first kappa shape index (κ1) is 12.3. The van der Waals surface area contributed by atoms with Gasteiger partial charge in [0.15, 0.2) is 0 Å². The summed E-state index contributed by atoms with van der Waals surface area (Å²) in [5.74, 6) is 1.41. The van der Waals surface area contributed by atoms with Gasteiger partial charge in [-0.3, -0.25) is 4.79 Å². The summed E-state index contributed by atoms with van der Waals surface area (Å²) in [6, 6.07) is 3.72. The number of carbonyl (C=O) groups excluding carboxylic acids is 1. The Labute approximate surface area is 98.4 Å². The van der Waals surface area contributed by atoms with Crippen LogP contribution in [0.5, 0.6) is 0 Å². The van der Waals surface area contributed by atoms with Crippen LogP contribution in [0.3, 0.4) is 0 Å². The molecule has 1 amide bonds. The highest BCUT2D eigenvalue weighted by atomic mass is 79.9. The number of carbonyl (C=O) groups is 1. The van der Waals surface area contributed by atoms with Crippen LogP contribution in [-0.4, -0.2) is 17.8 Å². The Bertz CT molecular complexity index is 285. The van der Waals surface area contributed by atoms with E-state index in [-0.39, 0.29) is 5.91 Å². The van der Waals surface area contributed by atoms with Gasteiger partial charge in [0, 0.05) is 24.7 Å². The minimum atomic E-state index is 0.0826. The van der Waals surface area contributed by atoms with Crippen molar-refractivity contribution in [2.45, 2.75) is 19.8 Å². The number of furan rings is 1. The highest BCUT2D eigenvalue weighted by Crippen LogP contribution is 2.03. The van der Waals surface area contributed by atoms with E-state index in [9.17, 15) is 4.79 Å². The van der Waals surface area contributed by atoms with Gasteiger partial charge in [-0.2, -0.15) is 0 Å². The fraction of sp³-hybridized carbons (Fsp3) is 0.545. The quantitative estimate of drug-likeness (QED) is 0.809. The molecule has 1 rings (SSSR count). The molecule has 0 aromatic carbocycles. The lowest BCUT2D eigenvalue weighted by Crippen LogP contribution is -2.28. The lowest BCUT2D eigenvalue weighted by molar-refractivity contribution is -0.121. The number of alkyl halides is 1. The largest absolute Gasteiger partial charge is 0.469 e. The van der Waals surface area contributed by atoms with Gasteiger partial charge in [0.1, 0.15) is 5.76 Å². The lowest BCUT2D eigenvalue weighted by atomic mass is 10.2. The maximum absolute atomic E-state index is 11.4. The van der Waals surface area contributed by atoms with Gasteiger partial charge in [0.2, 0.25) is 5.91 Å². The van der Waals surface area contributed by atoms with Gasteiger partial charge in [0.05, 0.1) is 6.26 Å². The molecular weight excluding hydrogens is 258 g/mol. The van der Waals surface area contributed by atoms with Crippen LogP contribution in [0, 0.1) is 5.92 Å². The number of amides is 1. The zero-order valence-corrected chi connectivity index (χ0v) is 10.4. The molecule has 3 nitrogen and oxygen atoms in total. The van der Waals surface area contributed by atoms with Crippen molar-refractivity contribution in [2.75, 3.05) is 11.9 Å². The van der Waals surface area contributed by atoms with Gasteiger partial charge in [-0.1, -0.05) is 22.9 Å². The summed E-state index contributed by atoms with van der Waals surface area (Å²) in [7, 11) is 0. The molecular formula is C11H16BrNO2. The van der Waals surface area contributed by atoms with Gasteiger partial charge < -0.3 is 9.73 Å². The van der Waals surface area contributed by atoms with E-state index in [0.717, 1.165) is 17.6 Å². The summed E-state index contributed by atoms with van der Waals surface area (Å²) in [4.78, 5) is 11.4. The first-order valence-corrected chi connectivity index (χ1v) is 6.19. The van der Waals surface area contributed by atoms with Crippen LogP contribution in [0.25, 0.3) is 0 Å². The summed E-state index contributed by atoms with van der Waals surface area (Å²) in [5, 5.41) is 3.79. The standard InChI is InChI=1S/C11H16BrNO2/c1-9(7-12)8-13-11(14)5-4-10-3-2-6-15-10/h2-3,6,9H,4-5,7-8H2,1H3,(H,13,14). The van der Waals surface area contributed by atoms with Gasteiger partial charge in [-0.15, -0.1) is 0 Å². The third-order valence-corrected chi connectivity index (χ3v) is 3.19. The SMILES string of the molecule is CC(CBr)CNC(=O)CCc1ccco1. The van der Waals surface area contributed by atoms with Gasteiger partial charge >= 0.3 is 0 Å². The molecule has 0 saturated heterocycles. The molecule has 1 aromatic rings. The van der Waals surface area contributed by atoms with Crippen molar-refractivity contribution in [2.24, 2.45) is 5.92 Å². The summed E-state index contributed by atoms with van der Waals surface area (Å²) in [6.45, 7) is 2.81. The Kier molecular flexibility index (Phi) is 5.47. The molecule has 1 heterocycles. The maximum Gasteiger partial charge on any atom is 0.220 e. The molecule has 0 aliphatic carbocycles. The number of halogens is 1. The van der Waals surface area contributed by atoms with E-state index < -0.39 is 0 Å². The Morgan fingerprint density at radius 3 is 3.07 bits per heavy atom. The molecule has 0 aliphatic heterocycles. The molecule has 0 bridgehead atoms. The van der Waals surface area contributed by atoms with Crippen molar-refractivity contribution in [3.8, 4) is 0 Å². The molecule has 0 fully saturated rings. The van der Waals surface area contributed by atoms with Crippen LogP contribution >= 0.6 is 15.9 Å². The van der Waals surface area contributed by atoms with Crippen LogP contribution in [-0.2, 0) is 11.2 Å². The highest BCUT2D eigenvalue weighted by molar-refractivity contribution is 9.09. The summed E-state index contributed by atoms with van der Waals surface area (Å²) in [6.07, 6.45) is 2.78. The third kappa shape index (κ3) is 5.02. The van der Waals surface area contributed by atoms with Crippen LogP contribution in [0.1, 0.15) is 19.1 Å². The van der Waals surface area contributed by atoms with E-state index in [4.69, 9.17) is 4.42 Å². The van der Waals surface area contributed by atoms with E-state index in [0.29, 0.717) is 18.8 Å². The fourth-order valence-electron chi connectivity index (χ4n) is 1.12. The van der Waals surface area contributed by atoms with Crippen LogP contribution in [0.15, 0.2) is 22.8 Å². The number of hydrogen-bond donors (Lipinski definition) is 1. The van der Waals surface area contributed by atoms with Gasteiger partial charge in [0.25, 0.3) is 0 Å². The summed E-state index contributed by atoms with van der Waals surface area (Å²) in [5.41, 5.74) is 0. The minimum Gasteiger partial charge on any atom is -0.469 e. The van der Waals surface area contributed by atoms with Crippen LogP contribution in [0.4, 0.5) is 0 Å². The smallest absolute Gasteiger partial charge is 0.220 e. The second kappa shape index (κ2) is 6.67. The van der Waals surface area contributed by atoms with Crippen molar-refractivity contribution >= 4 is 21.8 Å². The van der Waals surface area contributed by atoms with Crippen molar-refractivity contribution in [3.05, 3.63) is 24.2 Å². The number of aryl methyl sites for hydroxylation is 1. The molecule has 4 heteroatoms. The Morgan fingerprint density at radius 1 is 1.67 bits per heavy atom. The van der Waals surface area contributed by atoms with Gasteiger partial charge in [-0.05, 0) is 18.1 Å². The second-order valence-electron chi connectivity index (χ2n) is 3.64. The van der Waals surface area contributed by atoms with E-state index in [2.05, 4.69) is 28.2 Å². The first-order chi connectivity index (χ1) is 7.22. The second-order valence-corrected chi connectivity index (χ2v) is 4.29. The first-order valence-electron chi connectivity index (χ1n) is 5.07. The average Bonchev–Trinajstić information content (AvgIpc) is 2.75. The molecule has 0 radical (unpaired) electrons. The summed E-state index contributed by atoms with van der Waals surface area (Å²) >= 11 is 3.37. The van der Waals surface area contributed by atoms with Crippen molar-refractivity contribution in [3.63, 3.8) is 0 Å². The average molecular weight is 274 g/mol. The Balaban J connectivity index is 2.14. The number of hydrogen-bond acceptors (Lipinski definition) is 2. The predicted octanol–water partition coefficient (Wildman–Crippen LogP) is 2.36. The third-order valence-electron chi connectivity index (χ3n) is 2.09. The van der Waals surface area contributed by atoms with Gasteiger partial charge in [-0.25, -0.2) is 0 Å². The van der Waals surface area contributed by atoms with Crippen molar-refractivity contribution < 1.29 is 9.21 Å². The molecule has 0 saturated carbocycles.